The summed E-state index contributed by atoms with van der Waals surface area (Å²) in [5, 5.41) is 12.9. The number of aliphatic hydroxyl groups is 1. The quantitative estimate of drug-likeness (QED) is 0.860. The largest absolute Gasteiger partial charge is 0.496 e. The van der Waals surface area contributed by atoms with E-state index in [-0.39, 0.29) is 11.9 Å². The molecule has 0 amide bonds. The number of methoxy groups -OCH3 is 1. The van der Waals surface area contributed by atoms with Crippen LogP contribution in [0.4, 0.5) is 4.39 Å². The summed E-state index contributed by atoms with van der Waals surface area (Å²) in [6, 6.07) is 5.09. The van der Waals surface area contributed by atoms with Crippen molar-refractivity contribution >= 4 is 0 Å². The highest BCUT2D eigenvalue weighted by molar-refractivity contribution is 5.34. The van der Waals surface area contributed by atoms with Gasteiger partial charge < -0.3 is 15.2 Å². The Labute approximate surface area is 113 Å². The minimum absolute atomic E-state index is 0.124. The second-order valence-electron chi connectivity index (χ2n) is 5.17. The van der Waals surface area contributed by atoms with Gasteiger partial charge in [-0.15, -0.1) is 0 Å². The summed E-state index contributed by atoms with van der Waals surface area (Å²) in [6.07, 6.45) is 4.41. The van der Waals surface area contributed by atoms with E-state index in [0.717, 1.165) is 50.0 Å². The second-order valence-corrected chi connectivity index (χ2v) is 5.17. The first kappa shape index (κ1) is 14.3. The van der Waals surface area contributed by atoms with Crippen molar-refractivity contribution in [2.45, 2.75) is 44.2 Å². The first-order valence-corrected chi connectivity index (χ1v) is 6.93. The maximum atomic E-state index is 13.2. The Kier molecular flexibility index (Phi) is 5.16. The molecule has 1 aromatic rings. The van der Waals surface area contributed by atoms with Crippen molar-refractivity contribution in [2.75, 3.05) is 13.7 Å². The molecule has 4 heteroatoms. The van der Waals surface area contributed by atoms with Gasteiger partial charge in [0, 0.05) is 6.04 Å². The Morgan fingerprint density at radius 2 is 2.05 bits per heavy atom. The maximum absolute atomic E-state index is 13.2. The summed E-state index contributed by atoms with van der Waals surface area (Å²) in [6.45, 7) is 0.806. The molecule has 0 saturated heterocycles. The molecular weight excluding hydrogens is 245 g/mol. The summed E-state index contributed by atoms with van der Waals surface area (Å²) in [5.74, 6) is 0.513. The highest BCUT2D eigenvalue weighted by Gasteiger charge is 2.18. The third kappa shape index (κ3) is 4.18. The minimum Gasteiger partial charge on any atom is -0.496 e. The first-order chi connectivity index (χ1) is 9.19. The minimum atomic E-state index is -0.225. The van der Waals surface area contributed by atoms with Crippen LogP contribution < -0.4 is 10.1 Å². The molecule has 1 fully saturated rings. The van der Waals surface area contributed by atoms with Gasteiger partial charge in [0.15, 0.2) is 0 Å². The zero-order valence-corrected chi connectivity index (χ0v) is 11.4. The fourth-order valence-corrected chi connectivity index (χ4v) is 2.63. The lowest BCUT2D eigenvalue weighted by Gasteiger charge is -2.26. The molecule has 3 nitrogen and oxygen atoms in total. The maximum Gasteiger partial charge on any atom is 0.123 e. The fraction of sp³-hybridized carbons (Fsp3) is 0.600. The molecule has 1 aliphatic carbocycles. The Bertz CT molecular complexity index is 403. The van der Waals surface area contributed by atoms with Crippen molar-refractivity contribution in [3.05, 3.63) is 29.6 Å². The van der Waals surface area contributed by atoms with Crippen molar-refractivity contribution in [3.63, 3.8) is 0 Å². The van der Waals surface area contributed by atoms with Gasteiger partial charge in [-0.2, -0.15) is 0 Å². The molecule has 1 aromatic carbocycles. The van der Waals surface area contributed by atoms with Gasteiger partial charge in [0.1, 0.15) is 11.6 Å². The van der Waals surface area contributed by atoms with E-state index < -0.39 is 0 Å². The van der Waals surface area contributed by atoms with E-state index in [4.69, 9.17) is 4.74 Å². The molecule has 2 N–H and O–H groups in total. The summed E-state index contributed by atoms with van der Waals surface area (Å²) >= 11 is 0. The third-order valence-corrected chi connectivity index (χ3v) is 3.77. The summed E-state index contributed by atoms with van der Waals surface area (Å²) < 4.78 is 18.4. The van der Waals surface area contributed by atoms with Crippen LogP contribution in [-0.2, 0) is 6.42 Å². The topological polar surface area (TPSA) is 41.5 Å². The van der Waals surface area contributed by atoms with Gasteiger partial charge in [-0.05, 0) is 62.4 Å². The van der Waals surface area contributed by atoms with Crippen LogP contribution in [0.5, 0.6) is 5.75 Å². The molecule has 0 heterocycles. The molecule has 1 aliphatic rings. The van der Waals surface area contributed by atoms with Gasteiger partial charge in [0.2, 0.25) is 0 Å². The monoisotopic (exact) mass is 267 g/mol. The zero-order valence-electron chi connectivity index (χ0n) is 11.4. The van der Waals surface area contributed by atoms with Crippen LogP contribution >= 0.6 is 0 Å². The normalized spacial score (nSPS) is 23.3. The smallest absolute Gasteiger partial charge is 0.123 e. The Morgan fingerprint density at radius 3 is 2.74 bits per heavy atom. The average molecular weight is 267 g/mol. The molecule has 0 aromatic heterocycles. The molecule has 19 heavy (non-hydrogen) atoms. The Hall–Kier alpha value is -1.13. The summed E-state index contributed by atoms with van der Waals surface area (Å²) in [5.41, 5.74) is 0.894. The standard InChI is InChI=1S/C15H22FNO2/c1-19-15-7-2-12(16)10-11(15)8-9-17-13-3-5-14(18)6-4-13/h2,7,10,13-14,17-18H,3-6,8-9H2,1H3. The number of rotatable bonds is 5. The van der Waals surface area contributed by atoms with Crippen LogP contribution in [0.2, 0.25) is 0 Å². The zero-order chi connectivity index (χ0) is 13.7. The number of hydrogen-bond acceptors (Lipinski definition) is 3. The number of halogens is 1. The van der Waals surface area contributed by atoms with E-state index in [9.17, 15) is 9.50 Å². The van der Waals surface area contributed by atoms with Gasteiger partial charge in [-0.3, -0.25) is 0 Å². The SMILES string of the molecule is COc1ccc(F)cc1CCNC1CCC(O)CC1. The van der Waals surface area contributed by atoms with Crippen LogP contribution in [0.1, 0.15) is 31.2 Å². The van der Waals surface area contributed by atoms with Gasteiger partial charge in [0.05, 0.1) is 13.2 Å². The highest BCUT2D eigenvalue weighted by Crippen LogP contribution is 2.21. The number of ether oxygens (including phenoxy) is 1. The molecule has 2 rings (SSSR count). The van der Waals surface area contributed by atoms with Crippen LogP contribution in [0.15, 0.2) is 18.2 Å². The van der Waals surface area contributed by atoms with E-state index >= 15 is 0 Å². The molecule has 0 bridgehead atoms. The summed E-state index contributed by atoms with van der Waals surface area (Å²) in [4.78, 5) is 0. The van der Waals surface area contributed by atoms with Crippen LogP contribution in [0.25, 0.3) is 0 Å². The molecule has 0 aliphatic heterocycles. The van der Waals surface area contributed by atoms with Crippen molar-refractivity contribution in [1.82, 2.24) is 5.32 Å². The second kappa shape index (κ2) is 6.87. The van der Waals surface area contributed by atoms with Crippen LogP contribution in [0.3, 0.4) is 0 Å². The lowest BCUT2D eigenvalue weighted by molar-refractivity contribution is 0.117. The van der Waals surface area contributed by atoms with Crippen molar-refractivity contribution in [2.24, 2.45) is 0 Å². The Balaban J connectivity index is 1.80. The van der Waals surface area contributed by atoms with Gasteiger partial charge in [-0.1, -0.05) is 0 Å². The van der Waals surface area contributed by atoms with Gasteiger partial charge >= 0.3 is 0 Å². The van der Waals surface area contributed by atoms with Gasteiger partial charge in [-0.25, -0.2) is 4.39 Å². The molecule has 0 atom stereocenters. The lowest BCUT2D eigenvalue weighted by Crippen LogP contribution is -2.35. The van der Waals surface area contributed by atoms with Crippen molar-refractivity contribution in [1.29, 1.82) is 0 Å². The van der Waals surface area contributed by atoms with Crippen molar-refractivity contribution < 1.29 is 14.2 Å². The van der Waals surface area contributed by atoms with E-state index in [1.54, 1.807) is 13.2 Å². The van der Waals surface area contributed by atoms with E-state index in [0.29, 0.717) is 6.04 Å². The molecule has 1 saturated carbocycles. The van der Waals surface area contributed by atoms with E-state index in [1.807, 2.05) is 0 Å². The van der Waals surface area contributed by atoms with E-state index in [1.165, 1.54) is 12.1 Å². The number of benzene rings is 1. The number of nitrogens with one attached hydrogen (secondary N) is 1. The highest BCUT2D eigenvalue weighted by atomic mass is 19.1. The molecule has 0 spiro atoms. The third-order valence-electron chi connectivity index (χ3n) is 3.77. The predicted octanol–water partition coefficient (Wildman–Crippen LogP) is 2.27. The molecular formula is C15H22FNO2. The summed E-state index contributed by atoms with van der Waals surface area (Å²) in [7, 11) is 1.60. The van der Waals surface area contributed by atoms with Crippen LogP contribution in [-0.4, -0.2) is 30.9 Å². The molecule has 0 radical (unpaired) electrons. The lowest BCUT2D eigenvalue weighted by atomic mass is 9.93. The van der Waals surface area contributed by atoms with Gasteiger partial charge in [0.25, 0.3) is 0 Å². The first-order valence-electron chi connectivity index (χ1n) is 6.93. The number of hydrogen-bond donors (Lipinski definition) is 2. The van der Waals surface area contributed by atoms with Crippen molar-refractivity contribution in [3.8, 4) is 5.75 Å². The average Bonchev–Trinajstić information content (AvgIpc) is 2.41. The molecule has 0 unspecified atom stereocenters. The van der Waals surface area contributed by atoms with E-state index in [2.05, 4.69) is 5.32 Å². The van der Waals surface area contributed by atoms with Crippen LogP contribution in [0, 0.1) is 5.82 Å². The fourth-order valence-electron chi connectivity index (χ4n) is 2.63. The predicted molar refractivity (Wildman–Crippen MR) is 72.9 cm³/mol. The Morgan fingerprint density at radius 1 is 1.32 bits per heavy atom. The molecule has 106 valence electrons. The number of aliphatic hydroxyl groups excluding tert-OH is 1.